The lowest BCUT2D eigenvalue weighted by Gasteiger charge is -2.12. The van der Waals surface area contributed by atoms with Gasteiger partial charge in [-0.05, 0) is 19.1 Å². The molecule has 0 fully saturated rings. The maximum Gasteiger partial charge on any atom is 0.122 e. The third-order valence-electron chi connectivity index (χ3n) is 2.62. The van der Waals surface area contributed by atoms with E-state index in [1.807, 2.05) is 48.4 Å². The molecule has 0 bridgehead atoms. The van der Waals surface area contributed by atoms with Crippen molar-refractivity contribution in [1.82, 2.24) is 19.9 Å². The standard InChI is InChI=1S/C12H16N4/c1-10(11-5-3-4-6-13-11)15-9-12-14-7-8-16(12)2/h3-8,10,15H,9H2,1-2H3/t10-/m1/s1. The van der Waals surface area contributed by atoms with E-state index in [9.17, 15) is 0 Å². The SMILES string of the molecule is C[C@@H](NCc1nccn1C)c1ccccn1. The lowest BCUT2D eigenvalue weighted by molar-refractivity contribution is 0.538. The second-order valence-electron chi connectivity index (χ2n) is 3.81. The van der Waals surface area contributed by atoms with Crippen LogP contribution in [0, 0.1) is 0 Å². The van der Waals surface area contributed by atoms with Gasteiger partial charge in [-0.3, -0.25) is 4.98 Å². The summed E-state index contributed by atoms with van der Waals surface area (Å²) in [6, 6.07) is 6.18. The second kappa shape index (κ2) is 4.90. The first-order valence-electron chi connectivity index (χ1n) is 5.38. The fraction of sp³-hybridized carbons (Fsp3) is 0.333. The molecule has 1 N–H and O–H groups in total. The summed E-state index contributed by atoms with van der Waals surface area (Å²) < 4.78 is 2.01. The Bertz CT molecular complexity index is 435. The zero-order valence-corrected chi connectivity index (χ0v) is 9.59. The van der Waals surface area contributed by atoms with Crippen molar-refractivity contribution in [2.45, 2.75) is 19.5 Å². The van der Waals surface area contributed by atoms with Crippen molar-refractivity contribution in [3.63, 3.8) is 0 Å². The average molecular weight is 216 g/mol. The highest BCUT2D eigenvalue weighted by Crippen LogP contribution is 2.08. The van der Waals surface area contributed by atoms with Gasteiger partial charge < -0.3 is 9.88 Å². The topological polar surface area (TPSA) is 42.7 Å². The quantitative estimate of drug-likeness (QED) is 0.845. The van der Waals surface area contributed by atoms with Crippen molar-refractivity contribution in [3.8, 4) is 0 Å². The van der Waals surface area contributed by atoms with Gasteiger partial charge in [0.15, 0.2) is 0 Å². The van der Waals surface area contributed by atoms with Crippen molar-refractivity contribution >= 4 is 0 Å². The molecule has 84 valence electrons. The Morgan fingerprint density at radius 1 is 1.31 bits per heavy atom. The first kappa shape index (κ1) is 10.8. The fourth-order valence-electron chi connectivity index (χ4n) is 1.55. The van der Waals surface area contributed by atoms with E-state index in [1.165, 1.54) is 0 Å². The number of nitrogens with zero attached hydrogens (tertiary/aromatic N) is 3. The number of imidazole rings is 1. The zero-order chi connectivity index (χ0) is 11.4. The van der Waals surface area contributed by atoms with Crippen LogP contribution in [0.15, 0.2) is 36.8 Å². The predicted octanol–water partition coefficient (Wildman–Crippen LogP) is 1.67. The number of hydrogen-bond acceptors (Lipinski definition) is 3. The Balaban J connectivity index is 1.94. The molecule has 2 aromatic rings. The molecule has 0 unspecified atom stereocenters. The molecule has 2 heterocycles. The van der Waals surface area contributed by atoms with Crippen molar-refractivity contribution in [2.75, 3.05) is 0 Å². The molecule has 4 heteroatoms. The number of hydrogen-bond donors (Lipinski definition) is 1. The van der Waals surface area contributed by atoms with Crippen LogP contribution in [0.1, 0.15) is 24.5 Å². The molecule has 0 spiro atoms. The summed E-state index contributed by atoms with van der Waals surface area (Å²) >= 11 is 0. The fourth-order valence-corrected chi connectivity index (χ4v) is 1.55. The van der Waals surface area contributed by atoms with Gasteiger partial charge in [0.1, 0.15) is 5.82 Å². The molecule has 0 aliphatic heterocycles. The van der Waals surface area contributed by atoms with E-state index in [2.05, 4.69) is 22.2 Å². The van der Waals surface area contributed by atoms with Crippen molar-refractivity contribution in [2.24, 2.45) is 7.05 Å². The van der Waals surface area contributed by atoms with Gasteiger partial charge in [0.25, 0.3) is 0 Å². The Labute approximate surface area is 95.4 Å². The minimum atomic E-state index is 0.234. The van der Waals surface area contributed by atoms with Crippen LogP contribution < -0.4 is 5.32 Å². The Kier molecular flexibility index (Phi) is 3.31. The number of pyridine rings is 1. The summed E-state index contributed by atoms with van der Waals surface area (Å²) in [6.45, 7) is 2.85. The first-order chi connectivity index (χ1) is 7.77. The molecular formula is C12H16N4. The van der Waals surface area contributed by atoms with Crippen LogP contribution in [0.5, 0.6) is 0 Å². The minimum Gasteiger partial charge on any atom is -0.337 e. The largest absolute Gasteiger partial charge is 0.337 e. The molecule has 2 rings (SSSR count). The van der Waals surface area contributed by atoms with E-state index in [0.29, 0.717) is 0 Å². The predicted molar refractivity (Wildman–Crippen MR) is 62.7 cm³/mol. The molecule has 16 heavy (non-hydrogen) atoms. The number of aromatic nitrogens is 3. The Morgan fingerprint density at radius 2 is 2.19 bits per heavy atom. The lowest BCUT2D eigenvalue weighted by atomic mass is 10.2. The van der Waals surface area contributed by atoms with Crippen molar-refractivity contribution < 1.29 is 0 Å². The smallest absolute Gasteiger partial charge is 0.122 e. The number of nitrogens with one attached hydrogen (secondary N) is 1. The monoisotopic (exact) mass is 216 g/mol. The second-order valence-corrected chi connectivity index (χ2v) is 3.81. The third kappa shape index (κ3) is 2.46. The molecule has 1 atom stereocenters. The molecule has 2 aromatic heterocycles. The maximum absolute atomic E-state index is 4.31. The van der Waals surface area contributed by atoms with Crippen LogP contribution in [-0.2, 0) is 13.6 Å². The van der Waals surface area contributed by atoms with Gasteiger partial charge in [0.2, 0.25) is 0 Å². The summed E-state index contributed by atoms with van der Waals surface area (Å²) in [5.41, 5.74) is 1.05. The molecule has 0 aliphatic rings. The molecule has 0 aromatic carbocycles. The zero-order valence-electron chi connectivity index (χ0n) is 9.59. The molecular weight excluding hydrogens is 200 g/mol. The maximum atomic E-state index is 4.31. The summed E-state index contributed by atoms with van der Waals surface area (Å²) in [7, 11) is 2.00. The molecule has 0 amide bonds. The summed E-state index contributed by atoms with van der Waals surface area (Å²) in [6.07, 6.45) is 5.57. The lowest BCUT2D eigenvalue weighted by Crippen LogP contribution is -2.20. The summed E-state index contributed by atoms with van der Waals surface area (Å²) in [4.78, 5) is 8.57. The molecule has 4 nitrogen and oxygen atoms in total. The van der Waals surface area contributed by atoms with E-state index in [-0.39, 0.29) is 6.04 Å². The highest BCUT2D eigenvalue weighted by molar-refractivity contribution is 5.07. The van der Waals surface area contributed by atoms with Gasteiger partial charge in [0, 0.05) is 31.7 Å². The Morgan fingerprint density at radius 3 is 2.81 bits per heavy atom. The van der Waals surface area contributed by atoms with Gasteiger partial charge in [-0.15, -0.1) is 0 Å². The van der Waals surface area contributed by atoms with Gasteiger partial charge in [-0.25, -0.2) is 4.98 Å². The van der Waals surface area contributed by atoms with Crippen LogP contribution in [0.2, 0.25) is 0 Å². The average Bonchev–Trinajstić information content (AvgIpc) is 2.73. The number of aryl methyl sites for hydroxylation is 1. The van der Waals surface area contributed by atoms with Crippen LogP contribution in [0.25, 0.3) is 0 Å². The van der Waals surface area contributed by atoms with Crippen molar-refractivity contribution in [3.05, 3.63) is 48.3 Å². The number of rotatable bonds is 4. The van der Waals surface area contributed by atoms with Gasteiger partial charge in [0.05, 0.1) is 12.2 Å². The molecule has 0 aliphatic carbocycles. The van der Waals surface area contributed by atoms with E-state index in [4.69, 9.17) is 0 Å². The third-order valence-corrected chi connectivity index (χ3v) is 2.62. The van der Waals surface area contributed by atoms with Gasteiger partial charge >= 0.3 is 0 Å². The van der Waals surface area contributed by atoms with Crippen LogP contribution in [0.4, 0.5) is 0 Å². The summed E-state index contributed by atoms with van der Waals surface area (Å²) in [5.74, 6) is 1.03. The van der Waals surface area contributed by atoms with E-state index < -0.39 is 0 Å². The van der Waals surface area contributed by atoms with E-state index in [0.717, 1.165) is 18.1 Å². The molecule has 0 radical (unpaired) electrons. The van der Waals surface area contributed by atoms with Gasteiger partial charge in [-0.1, -0.05) is 6.07 Å². The molecule has 0 saturated heterocycles. The van der Waals surface area contributed by atoms with Crippen LogP contribution >= 0.6 is 0 Å². The van der Waals surface area contributed by atoms with Crippen LogP contribution in [0.3, 0.4) is 0 Å². The highest BCUT2D eigenvalue weighted by Gasteiger charge is 2.06. The van der Waals surface area contributed by atoms with Crippen LogP contribution in [-0.4, -0.2) is 14.5 Å². The van der Waals surface area contributed by atoms with E-state index >= 15 is 0 Å². The normalized spacial score (nSPS) is 12.6. The van der Waals surface area contributed by atoms with E-state index in [1.54, 1.807) is 0 Å². The summed E-state index contributed by atoms with van der Waals surface area (Å²) in [5, 5.41) is 3.40. The van der Waals surface area contributed by atoms with Crippen molar-refractivity contribution in [1.29, 1.82) is 0 Å². The minimum absolute atomic E-state index is 0.234. The Hall–Kier alpha value is -1.68. The van der Waals surface area contributed by atoms with Gasteiger partial charge in [-0.2, -0.15) is 0 Å². The highest BCUT2D eigenvalue weighted by atomic mass is 15.1. The molecule has 0 saturated carbocycles. The first-order valence-corrected chi connectivity index (χ1v) is 5.38.